The van der Waals surface area contributed by atoms with Gasteiger partial charge in [0.1, 0.15) is 0 Å². The van der Waals surface area contributed by atoms with Crippen molar-refractivity contribution in [3.8, 4) is 5.75 Å². The largest absolute Gasteiger partial charge is 0.490 e. The Labute approximate surface area is 186 Å². The van der Waals surface area contributed by atoms with E-state index < -0.39 is 0 Å². The fourth-order valence-corrected chi connectivity index (χ4v) is 2.83. The number of ether oxygens (including phenoxy) is 2. The SMILES string of the molecule is CCCCOCC(C)(C)C.CN[C@H](c1ccc(F)c(OCC2CC2)c1)C(C)C.CO.[HH]. The first-order valence-corrected chi connectivity index (χ1v) is 11.3. The van der Waals surface area contributed by atoms with Gasteiger partial charge in [-0.25, -0.2) is 4.39 Å². The number of rotatable bonds is 10. The van der Waals surface area contributed by atoms with E-state index in [0.29, 0.717) is 29.6 Å². The lowest BCUT2D eigenvalue weighted by Gasteiger charge is -2.21. The molecule has 1 aliphatic rings. The Bertz CT molecular complexity index is 560. The molecule has 178 valence electrons. The van der Waals surface area contributed by atoms with E-state index >= 15 is 0 Å². The fraction of sp³-hybridized carbons (Fsp3) is 0.760. The fourth-order valence-electron chi connectivity index (χ4n) is 2.83. The van der Waals surface area contributed by atoms with Crippen LogP contribution in [0.4, 0.5) is 4.39 Å². The van der Waals surface area contributed by atoms with Gasteiger partial charge < -0.3 is 19.9 Å². The molecule has 0 aromatic heterocycles. The van der Waals surface area contributed by atoms with Crippen LogP contribution in [0, 0.1) is 23.1 Å². The highest BCUT2D eigenvalue weighted by molar-refractivity contribution is 5.32. The Morgan fingerprint density at radius 1 is 1.23 bits per heavy atom. The quantitative estimate of drug-likeness (QED) is 0.433. The van der Waals surface area contributed by atoms with Crippen molar-refractivity contribution >= 4 is 0 Å². The van der Waals surface area contributed by atoms with E-state index in [9.17, 15) is 4.39 Å². The summed E-state index contributed by atoms with van der Waals surface area (Å²) >= 11 is 0. The molecule has 5 heteroatoms. The first kappa shape index (κ1) is 28.8. The highest BCUT2D eigenvalue weighted by Crippen LogP contribution is 2.31. The van der Waals surface area contributed by atoms with E-state index in [2.05, 4.69) is 46.9 Å². The van der Waals surface area contributed by atoms with E-state index in [0.717, 1.165) is 25.9 Å². The lowest BCUT2D eigenvalue weighted by atomic mass is 9.96. The van der Waals surface area contributed by atoms with Crippen LogP contribution < -0.4 is 10.1 Å². The maximum atomic E-state index is 13.7. The number of halogens is 1. The molecule has 30 heavy (non-hydrogen) atoms. The molecule has 0 saturated heterocycles. The molecule has 1 saturated carbocycles. The zero-order chi connectivity index (χ0) is 23.2. The summed E-state index contributed by atoms with van der Waals surface area (Å²) in [6, 6.07) is 5.40. The van der Waals surface area contributed by atoms with Gasteiger partial charge in [-0.3, -0.25) is 0 Å². The topological polar surface area (TPSA) is 50.7 Å². The van der Waals surface area contributed by atoms with Crippen LogP contribution in [0.5, 0.6) is 5.75 Å². The Balaban J connectivity index is 0. The van der Waals surface area contributed by atoms with Gasteiger partial charge in [0.15, 0.2) is 11.6 Å². The standard InChI is InChI=1S/C15H22FNO.C9H20O.CH4O.H2/c1-10(2)15(17-3)12-6-7-13(16)14(8-12)18-9-11-4-5-11;1-5-6-7-10-8-9(2,3)4;1-2;/h6-8,10-11,15,17H,4-5,9H2,1-3H3;5-8H2,1-4H3;2H,1H3;1H/t15-;;;/m0.../s1. The predicted octanol–water partition coefficient (Wildman–Crippen LogP) is 6.23. The molecule has 0 unspecified atom stereocenters. The van der Waals surface area contributed by atoms with E-state index in [1.807, 2.05) is 19.2 Å². The van der Waals surface area contributed by atoms with Gasteiger partial charge in [-0.05, 0) is 61.3 Å². The number of hydrogen-bond donors (Lipinski definition) is 2. The summed E-state index contributed by atoms with van der Waals surface area (Å²) in [4.78, 5) is 0. The van der Waals surface area contributed by atoms with Crippen molar-refractivity contribution in [3.63, 3.8) is 0 Å². The van der Waals surface area contributed by atoms with Gasteiger partial charge in [0.05, 0.1) is 13.2 Å². The third kappa shape index (κ3) is 13.2. The Hall–Kier alpha value is -1.17. The highest BCUT2D eigenvalue weighted by Gasteiger charge is 2.23. The Morgan fingerprint density at radius 2 is 1.87 bits per heavy atom. The van der Waals surface area contributed by atoms with Crippen LogP contribution in [-0.2, 0) is 4.74 Å². The lowest BCUT2D eigenvalue weighted by Crippen LogP contribution is -2.21. The van der Waals surface area contributed by atoms with Crippen molar-refractivity contribution in [3.05, 3.63) is 29.6 Å². The molecule has 0 radical (unpaired) electrons. The molecular weight excluding hydrogens is 381 g/mol. The molecule has 0 bridgehead atoms. The summed E-state index contributed by atoms with van der Waals surface area (Å²) in [7, 11) is 2.93. The van der Waals surface area contributed by atoms with Crippen molar-refractivity contribution in [2.75, 3.05) is 34.0 Å². The van der Waals surface area contributed by atoms with Crippen LogP contribution in [0.2, 0.25) is 0 Å². The first-order valence-electron chi connectivity index (χ1n) is 11.3. The van der Waals surface area contributed by atoms with Crippen molar-refractivity contribution in [1.82, 2.24) is 5.32 Å². The summed E-state index contributed by atoms with van der Waals surface area (Å²) in [5.74, 6) is 1.22. The first-order chi connectivity index (χ1) is 14.2. The van der Waals surface area contributed by atoms with Crippen LogP contribution in [0.25, 0.3) is 0 Å². The van der Waals surface area contributed by atoms with Gasteiger partial charge >= 0.3 is 0 Å². The third-order valence-electron chi connectivity index (χ3n) is 4.64. The molecular formula is C25H48FNO3. The molecule has 2 rings (SSSR count). The van der Waals surface area contributed by atoms with Crippen molar-refractivity contribution < 1.29 is 20.4 Å². The molecule has 1 atom stereocenters. The second kappa shape index (κ2) is 15.6. The van der Waals surface area contributed by atoms with Crippen molar-refractivity contribution in [2.24, 2.45) is 17.3 Å². The van der Waals surface area contributed by atoms with Crippen LogP contribution >= 0.6 is 0 Å². The molecule has 0 aliphatic heterocycles. The van der Waals surface area contributed by atoms with Crippen LogP contribution in [-0.4, -0.2) is 39.1 Å². The van der Waals surface area contributed by atoms with E-state index in [4.69, 9.17) is 14.6 Å². The molecule has 0 spiro atoms. The number of benzene rings is 1. The van der Waals surface area contributed by atoms with Crippen LogP contribution in [0.3, 0.4) is 0 Å². The van der Waals surface area contributed by atoms with Crippen molar-refractivity contribution in [2.45, 2.75) is 73.3 Å². The number of nitrogens with one attached hydrogen (secondary N) is 1. The maximum Gasteiger partial charge on any atom is 0.165 e. The molecule has 0 amide bonds. The minimum absolute atomic E-state index is 0. The van der Waals surface area contributed by atoms with Gasteiger partial charge in [-0.1, -0.05) is 54.0 Å². The maximum absolute atomic E-state index is 13.7. The minimum Gasteiger partial charge on any atom is -0.490 e. The smallest absolute Gasteiger partial charge is 0.165 e. The summed E-state index contributed by atoms with van der Waals surface area (Å²) in [5.41, 5.74) is 1.41. The molecule has 2 N–H and O–H groups in total. The second-order valence-corrected chi connectivity index (χ2v) is 9.42. The van der Waals surface area contributed by atoms with Crippen LogP contribution in [0.15, 0.2) is 18.2 Å². The molecule has 0 heterocycles. The Kier molecular flexibility index (Phi) is 15.0. The van der Waals surface area contributed by atoms with Gasteiger partial charge in [0, 0.05) is 21.2 Å². The molecule has 1 aromatic carbocycles. The number of aliphatic hydroxyl groups excluding tert-OH is 1. The third-order valence-corrected chi connectivity index (χ3v) is 4.64. The zero-order valence-corrected chi connectivity index (χ0v) is 20.6. The van der Waals surface area contributed by atoms with Gasteiger partial charge in [0.2, 0.25) is 0 Å². The van der Waals surface area contributed by atoms with Gasteiger partial charge in [-0.2, -0.15) is 0 Å². The number of aliphatic hydroxyl groups is 1. The monoisotopic (exact) mass is 429 g/mol. The summed E-state index contributed by atoms with van der Waals surface area (Å²) < 4.78 is 24.7. The molecule has 1 fully saturated rings. The van der Waals surface area contributed by atoms with E-state index in [1.165, 1.54) is 31.7 Å². The number of hydrogen-bond acceptors (Lipinski definition) is 4. The summed E-state index contributed by atoms with van der Waals surface area (Å²) in [6.07, 6.45) is 4.85. The normalized spacial score (nSPS) is 14.4. The minimum atomic E-state index is -0.266. The zero-order valence-electron chi connectivity index (χ0n) is 20.6. The average molecular weight is 430 g/mol. The second-order valence-electron chi connectivity index (χ2n) is 9.42. The number of unbranched alkanes of at least 4 members (excludes halogenated alkanes) is 1. The highest BCUT2D eigenvalue weighted by atomic mass is 19.1. The summed E-state index contributed by atoms with van der Waals surface area (Å²) in [5, 5.41) is 10.3. The van der Waals surface area contributed by atoms with Crippen LogP contribution in [0.1, 0.15) is 80.3 Å². The average Bonchev–Trinajstić information content (AvgIpc) is 3.52. The molecule has 1 aliphatic carbocycles. The van der Waals surface area contributed by atoms with Gasteiger partial charge in [-0.15, -0.1) is 0 Å². The van der Waals surface area contributed by atoms with Crippen molar-refractivity contribution in [1.29, 1.82) is 0 Å². The molecule has 1 aromatic rings. The van der Waals surface area contributed by atoms with E-state index in [-0.39, 0.29) is 13.3 Å². The Morgan fingerprint density at radius 3 is 2.33 bits per heavy atom. The van der Waals surface area contributed by atoms with E-state index in [1.54, 1.807) is 0 Å². The predicted molar refractivity (Wildman–Crippen MR) is 127 cm³/mol. The molecule has 4 nitrogen and oxygen atoms in total. The van der Waals surface area contributed by atoms with Gasteiger partial charge in [0.25, 0.3) is 0 Å². The summed E-state index contributed by atoms with van der Waals surface area (Å²) in [6.45, 7) is 15.5. The lowest BCUT2D eigenvalue weighted by molar-refractivity contribution is 0.0694.